The van der Waals surface area contributed by atoms with Gasteiger partial charge in [-0.25, -0.2) is 0 Å². The van der Waals surface area contributed by atoms with Crippen LogP contribution in [-0.4, -0.2) is 44.1 Å². The Bertz CT molecular complexity index is 1220. The highest BCUT2D eigenvalue weighted by atomic mass is 32.2. The van der Waals surface area contributed by atoms with E-state index in [1.54, 1.807) is 29.2 Å². The lowest BCUT2D eigenvalue weighted by molar-refractivity contribution is -0.245. The highest BCUT2D eigenvalue weighted by Gasteiger charge is 2.32. The normalized spacial score (nSPS) is 19.3. The SMILES string of the molecule is Cc1nnc(SCC2CC(c3ccc(CO)cc3)OC(c3cccc(NC(=O)CCCCC(=O)O)c3)O2)s1. The molecule has 2 aromatic carbocycles. The zero-order valence-corrected chi connectivity index (χ0v) is 22.7. The molecule has 0 saturated carbocycles. The summed E-state index contributed by atoms with van der Waals surface area (Å²) in [5, 5.41) is 30.2. The molecule has 1 aromatic heterocycles. The number of aliphatic hydroxyl groups is 1. The number of thioether (sulfide) groups is 1. The quantitative estimate of drug-likeness (QED) is 0.202. The number of carbonyl (C=O) groups is 2. The van der Waals surface area contributed by atoms with Gasteiger partial charge >= 0.3 is 5.97 Å². The van der Waals surface area contributed by atoms with Gasteiger partial charge in [0.1, 0.15) is 5.01 Å². The van der Waals surface area contributed by atoms with Crippen molar-refractivity contribution in [2.24, 2.45) is 0 Å². The summed E-state index contributed by atoms with van der Waals surface area (Å²) in [5.41, 5.74) is 3.25. The molecule has 38 heavy (non-hydrogen) atoms. The summed E-state index contributed by atoms with van der Waals surface area (Å²) in [5.74, 6) is -0.336. The van der Waals surface area contributed by atoms with Crippen LogP contribution in [0.4, 0.5) is 5.69 Å². The number of aryl methyl sites for hydroxylation is 1. The molecule has 3 aromatic rings. The molecule has 11 heteroatoms. The van der Waals surface area contributed by atoms with Crippen LogP contribution in [0.15, 0.2) is 52.9 Å². The van der Waals surface area contributed by atoms with Gasteiger partial charge in [0.05, 0.1) is 18.8 Å². The summed E-state index contributed by atoms with van der Waals surface area (Å²) in [6.07, 6.45) is 0.979. The predicted molar refractivity (Wildman–Crippen MR) is 145 cm³/mol. The number of rotatable bonds is 12. The molecule has 4 rings (SSSR count). The van der Waals surface area contributed by atoms with Crippen molar-refractivity contribution in [3.63, 3.8) is 0 Å². The van der Waals surface area contributed by atoms with Gasteiger partial charge in [0.15, 0.2) is 10.6 Å². The average molecular weight is 558 g/mol. The van der Waals surface area contributed by atoms with E-state index in [0.29, 0.717) is 30.7 Å². The number of carbonyl (C=O) groups excluding carboxylic acids is 1. The minimum absolute atomic E-state index is 0.0177. The lowest BCUT2D eigenvalue weighted by Crippen LogP contribution is -2.31. The number of carboxylic acids is 1. The summed E-state index contributed by atoms with van der Waals surface area (Å²) < 4.78 is 13.7. The van der Waals surface area contributed by atoms with Crippen molar-refractivity contribution in [1.29, 1.82) is 0 Å². The van der Waals surface area contributed by atoms with Crippen molar-refractivity contribution in [3.05, 3.63) is 70.2 Å². The number of nitrogens with zero attached hydrogens (tertiary/aromatic N) is 2. The van der Waals surface area contributed by atoms with Gasteiger partial charge < -0.3 is 25.0 Å². The Balaban J connectivity index is 1.45. The van der Waals surface area contributed by atoms with Gasteiger partial charge in [-0.2, -0.15) is 0 Å². The maximum Gasteiger partial charge on any atom is 0.303 e. The maximum absolute atomic E-state index is 12.4. The average Bonchev–Trinajstić information content (AvgIpc) is 3.35. The third-order valence-electron chi connectivity index (χ3n) is 6.00. The molecule has 2 heterocycles. The fourth-order valence-corrected chi connectivity index (χ4v) is 5.93. The van der Waals surface area contributed by atoms with Crippen molar-refractivity contribution in [3.8, 4) is 0 Å². The molecule has 1 aliphatic rings. The molecule has 202 valence electrons. The number of hydrogen-bond acceptors (Lipinski definition) is 9. The number of aromatic nitrogens is 2. The van der Waals surface area contributed by atoms with Gasteiger partial charge in [0.25, 0.3) is 0 Å². The molecule has 1 amide bonds. The summed E-state index contributed by atoms with van der Waals surface area (Å²) in [7, 11) is 0. The minimum atomic E-state index is -0.858. The third-order valence-corrected chi connectivity index (χ3v) is 8.11. The van der Waals surface area contributed by atoms with E-state index >= 15 is 0 Å². The molecule has 0 aliphatic carbocycles. The standard InChI is InChI=1S/C27H31N3O6S2/c1-17-29-30-27(38-17)37-16-22-14-23(19-11-9-18(15-31)10-12-19)36-26(35-22)20-5-4-6-21(13-20)28-24(32)7-2-3-8-25(33)34/h4-6,9-13,22-23,26,31H,2-3,7-8,14-16H2,1H3,(H,28,32)(H,33,34). The van der Waals surface area contributed by atoms with E-state index in [9.17, 15) is 14.7 Å². The van der Waals surface area contributed by atoms with Crippen LogP contribution in [0.25, 0.3) is 0 Å². The number of nitrogens with one attached hydrogen (secondary N) is 1. The number of aliphatic carboxylic acids is 1. The van der Waals surface area contributed by atoms with Crippen LogP contribution in [0, 0.1) is 6.92 Å². The molecular weight excluding hydrogens is 526 g/mol. The van der Waals surface area contributed by atoms with Crippen LogP contribution in [0.3, 0.4) is 0 Å². The van der Waals surface area contributed by atoms with Crippen LogP contribution in [0.2, 0.25) is 0 Å². The molecule has 3 atom stereocenters. The fraction of sp³-hybridized carbons (Fsp3) is 0.407. The van der Waals surface area contributed by atoms with Gasteiger partial charge in [-0.05, 0) is 43.0 Å². The van der Waals surface area contributed by atoms with Gasteiger partial charge in [-0.3, -0.25) is 9.59 Å². The topological polar surface area (TPSA) is 131 Å². The summed E-state index contributed by atoms with van der Waals surface area (Å²) >= 11 is 3.16. The lowest BCUT2D eigenvalue weighted by atomic mass is 10.0. The van der Waals surface area contributed by atoms with Crippen molar-refractivity contribution in [2.75, 3.05) is 11.1 Å². The maximum atomic E-state index is 12.4. The largest absolute Gasteiger partial charge is 0.481 e. The number of anilines is 1. The van der Waals surface area contributed by atoms with E-state index in [1.165, 1.54) is 0 Å². The molecule has 0 radical (unpaired) electrons. The molecular formula is C27H31N3O6S2. The van der Waals surface area contributed by atoms with Crippen molar-refractivity contribution < 1.29 is 29.3 Å². The number of ether oxygens (including phenoxy) is 2. The van der Waals surface area contributed by atoms with Crippen molar-refractivity contribution in [1.82, 2.24) is 10.2 Å². The van der Waals surface area contributed by atoms with Gasteiger partial charge in [-0.15, -0.1) is 10.2 Å². The van der Waals surface area contributed by atoms with Crippen LogP contribution < -0.4 is 5.32 Å². The summed E-state index contributed by atoms with van der Waals surface area (Å²) in [4.78, 5) is 23.0. The fourth-order valence-electron chi connectivity index (χ4n) is 4.07. The van der Waals surface area contributed by atoms with E-state index < -0.39 is 12.3 Å². The Morgan fingerprint density at radius 1 is 1.08 bits per heavy atom. The molecule has 3 unspecified atom stereocenters. The summed E-state index contributed by atoms with van der Waals surface area (Å²) in [6.45, 7) is 1.91. The predicted octanol–water partition coefficient (Wildman–Crippen LogP) is 5.26. The Kier molecular flexibility index (Phi) is 10.2. The highest BCUT2D eigenvalue weighted by molar-refractivity contribution is 8.01. The smallest absolute Gasteiger partial charge is 0.303 e. The lowest BCUT2D eigenvalue weighted by Gasteiger charge is -2.36. The van der Waals surface area contributed by atoms with Crippen LogP contribution in [-0.2, 0) is 25.7 Å². The molecule has 1 fully saturated rings. The second-order valence-corrected chi connectivity index (χ2v) is 11.5. The Morgan fingerprint density at radius 2 is 1.87 bits per heavy atom. The van der Waals surface area contributed by atoms with Crippen LogP contribution >= 0.6 is 23.1 Å². The number of hydrogen-bond donors (Lipinski definition) is 3. The zero-order valence-electron chi connectivity index (χ0n) is 21.0. The monoisotopic (exact) mass is 557 g/mol. The number of amides is 1. The number of carboxylic acid groups (broad SMARTS) is 1. The van der Waals surface area contributed by atoms with E-state index in [4.69, 9.17) is 14.6 Å². The van der Waals surface area contributed by atoms with Gasteiger partial charge in [0, 0.05) is 36.3 Å². The van der Waals surface area contributed by atoms with E-state index in [1.807, 2.05) is 49.4 Å². The third kappa shape index (κ3) is 8.34. The van der Waals surface area contributed by atoms with Gasteiger partial charge in [0.2, 0.25) is 5.91 Å². The number of benzene rings is 2. The minimum Gasteiger partial charge on any atom is -0.481 e. The molecule has 3 N–H and O–H groups in total. The second kappa shape index (κ2) is 13.8. The highest BCUT2D eigenvalue weighted by Crippen LogP contribution is 2.40. The van der Waals surface area contributed by atoms with Crippen molar-refractivity contribution >= 4 is 40.7 Å². The first-order chi connectivity index (χ1) is 18.4. The second-order valence-electron chi connectivity index (χ2n) is 9.02. The van der Waals surface area contributed by atoms with E-state index in [0.717, 1.165) is 26.0 Å². The Morgan fingerprint density at radius 3 is 2.58 bits per heavy atom. The van der Waals surface area contributed by atoms with Crippen LogP contribution in [0.1, 0.15) is 66.2 Å². The van der Waals surface area contributed by atoms with Crippen molar-refractivity contribution in [2.45, 2.75) is 68.5 Å². The first-order valence-electron chi connectivity index (χ1n) is 12.4. The van der Waals surface area contributed by atoms with Gasteiger partial charge in [-0.1, -0.05) is 59.5 Å². The molecule has 1 saturated heterocycles. The first kappa shape index (κ1) is 28.2. The van der Waals surface area contributed by atoms with E-state index in [-0.39, 0.29) is 37.6 Å². The number of aliphatic hydroxyl groups excluding tert-OH is 1. The molecule has 1 aliphatic heterocycles. The summed E-state index contributed by atoms with van der Waals surface area (Å²) in [6, 6.07) is 15.1. The Labute approximate surface area is 229 Å². The molecule has 9 nitrogen and oxygen atoms in total. The van der Waals surface area contributed by atoms with Crippen LogP contribution in [0.5, 0.6) is 0 Å². The number of unbranched alkanes of at least 4 members (excludes halogenated alkanes) is 1. The first-order valence-corrected chi connectivity index (χ1v) is 14.2. The Hall–Kier alpha value is -2.83. The molecule has 0 bridgehead atoms. The van der Waals surface area contributed by atoms with E-state index in [2.05, 4.69) is 15.5 Å². The molecule has 0 spiro atoms. The zero-order chi connectivity index (χ0) is 26.9.